The molecule has 1 amide bonds. The lowest BCUT2D eigenvalue weighted by Crippen LogP contribution is -2.23. The molecule has 1 aromatic heterocycles. The summed E-state index contributed by atoms with van der Waals surface area (Å²) in [5, 5.41) is 11.7. The summed E-state index contributed by atoms with van der Waals surface area (Å²) < 4.78 is 1.79. The molecule has 0 aliphatic rings. The van der Waals surface area contributed by atoms with Crippen LogP contribution in [0.2, 0.25) is 0 Å². The third-order valence-corrected chi connectivity index (χ3v) is 2.82. The van der Waals surface area contributed by atoms with Crippen LogP contribution in [0, 0.1) is 0 Å². The van der Waals surface area contributed by atoms with Gasteiger partial charge in [0.25, 0.3) is 0 Å². The van der Waals surface area contributed by atoms with Crippen LogP contribution in [0.25, 0.3) is 11.0 Å². The molecular formula is C13H15N3O3. The number of aromatic carboxylic acids is 1. The third-order valence-electron chi connectivity index (χ3n) is 2.82. The molecule has 6 heteroatoms. The number of carbonyl (C=O) groups excluding carboxylic acids is 1. The number of amides is 1. The predicted octanol–water partition coefficient (Wildman–Crippen LogP) is 1.26. The fourth-order valence-electron chi connectivity index (χ4n) is 1.88. The largest absolute Gasteiger partial charge is 0.478 e. The molecule has 1 aromatic carbocycles. The van der Waals surface area contributed by atoms with E-state index in [1.807, 2.05) is 6.92 Å². The highest BCUT2D eigenvalue weighted by molar-refractivity contribution is 5.92. The van der Waals surface area contributed by atoms with Crippen molar-refractivity contribution in [2.45, 2.75) is 19.9 Å². The van der Waals surface area contributed by atoms with Crippen molar-refractivity contribution in [3.05, 3.63) is 30.1 Å². The molecule has 0 aliphatic heterocycles. The van der Waals surface area contributed by atoms with Crippen LogP contribution in [-0.2, 0) is 11.3 Å². The summed E-state index contributed by atoms with van der Waals surface area (Å²) in [6, 6.07) is 4.76. The Morgan fingerprint density at radius 1 is 1.42 bits per heavy atom. The topological polar surface area (TPSA) is 84.2 Å². The number of nitrogens with one attached hydrogen (secondary N) is 1. The van der Waals surface area contributed by atoms with Gasteiger partial charge in [0.15, 0.2) is 0 Å². The van der Waals surface area contributed by atoms with Gasteiger partial charge in [-0.15, -0.1) is 0 Å². The van der Waals surface area contributed by atoms with Gasteiger partial charge in [-0.2, -0.15) is 0 Å². The molecule has 0 radical (unpaired) electrons. The third kappa shape index (κ3) is 2.90. The number of nitrogens with zero attached hydrogens (tertiary/aromatic N) is 2. The number of imidazole rings is 1. The van der Waals surface area contributed by atoms with Crippen LogP contribution >= 0.6 is 0 Å². The van der Waals surface area contributed by atoms with E-state index in [1.54, 1.807) is 23.0 Å². The second kappa shape index (κ2) is 5.51. The molecule has 1 heterocycles. The fraction of sp³-hybridized carbons (Fsp3) is 0.308. The molecule has 0 atom stereocenters. The van der Waals surface area contributed by atoms with Crippen LogP contribution in [-0.4, -0.2) is 33.1 Å². The molecule has 100 valence electrons. The van der Waals surface area contributed by atoms with Crippen molar-refractivity contribution in [2.24, 2.45) is 0 Å². The Morgan fingerprint density at radius 3 is 2.89 bits per heavy atom. The van der Waals surface area contributed by atoms with Crippen molar-refractivity contribution in [3.63, 3.8) is 0 Å². The zero-order valence-electron chi connectivity index (χ0n) is 10.6. The standard InChI is InChI=1S/C13H15N3O3/c1-2-14-12(17)5-6-16-8-15-10-4-3-9(13(18)19)7-11(10)16/h3-4,7-8H,2,5-6H2,1H3,(H,14,17)(H,18,19). The number of hydrogen-bond acceptors (Lipinski definition) is 3. The molecule has 0 saturated heterocycles. The molecule has 2 rings (SSSR count). The number of fused-ring (bicyclic) bond motifs is 1. The van der Waals surface area contributed by atoms with E-state index in [9.17, 15) is 9.59 Å². The van der Waals surface area contributed by atoms with E-state index in [4.69, 9.17) is 5.11 Å². The first-order chi connectivity index (χ1) is 9.11. The van der Waals surface area contributed by atoms with Gasteiger partial charge in [0.1, 0.15) is 0 Å². The van der Waals surface area contributed by atoms with E-state index < -0.39 is 5.97 Å². The zero-order valence-corrected chi connectivity index (χ0v) is 10.6. The number of aromatic nitrogens is 2. The van der Waals surface area contributed by atoms with E-state index in [1.165, 1.54) is 6.07 Å². The summed E-state index contributed by atoms with van der Waals surface area (Å²) in [7, 11) is 0. The molecule has 0 bridgehead atoms. The highest BCUT2D eigenvalue weighted by Crippen LogP contribution is 2.15. The van der Waals surface area contributed by atoms with Crippen molar-refractivity contribution >= 4 is 22.9 Å². The van der Waals surface area contributed by atoms with Crippen molar-refractivity contribution in [3.8, 4) is 0 Å². The summed E-state index contributed by atoms with van der Waals surface area (Å²) in [6.45, 7) is 2.95. The normalized spacial score (nSPS) is 10.6. The molecule has 2 N–H and O–H groups in total. The number of carboxylic acid groups (broad SMARTS) is 1. The van der Waals surface area contributed by atoms with E-state index >= 15 is 0 Å². The van der Waals surface area contributed by atoms with Crippen molar-refractivity contribution < 1.29 is 14.7 Å². The summed E-state index contributed by atoms with van der Waals surface area (Å²) in [5.41, 5.74) is 1.66. The lowest BCUT2D eigenvalue weighted by Gasteiger charge is -2.05. The first-order valence-electron chi connectivity index (χ1n) is 6.06. The number of rotatable bonds is 5. The smallest absolute Gasteiger partial charge is 0.335 e. The Kier molecular flexibility index (Phi) is 3.79. The molecule has 0 aliphatic carbocycles. The first-order valence-corrected chi connectivity index (χ1v) is 6.06. The number of benzene rings is 1. The zero-order chi connectivity index (χ0) is 13.8. The number of hydrogen-bond donors (Lipinski definition) is 2. The van der Waals surface area contributed by atoms with Gasteiger partial charge in [0.05, 0.1) is 22.9 Å². The van der Waals surface area contributed by atoms with Crippen molar-refractivity contribution in [1.82, 2.24) is 14.9 Å². The Balaban J connectivity index is 2.21. The highest BCUT2D eigenvalue weighted by Gasteiger charge is 2.09. The Bertz CT molecular complexity index is 619. The average Bonchev–Trinajstić information content (AvgIpc) is 2.79. The molecule has 0 unspecified atom stereocenters. The van der Waals surface area contributed by atoms with Gasteiger partial charge >= 0.3 is 5.97 Å². The quantitative estimate of drug-likeness (QED) is 0.848. The maximum absolute atomic E-state index is 11.4. The molecule has 19 heavy (non-hydrogen) atoms. The Morgan fingerprint density at radius 2 is 2.21 bits per heavy atom. The Labute approximate surface area is 110 Å². The maximum atomic E-state index is 11.4. The molecule has 6 nitrogen and oxygen atoms in total. The van der Waals surface area contributed by atoms with Crippen molar-refractivity contribution in [1.29, 1.82) is 0 Å². The maximum Gasteiger partial charge on any atom is 0.335 e. The molecule has 0 spiro atoms. The lowest BCUT2D eigenvalue weighted by molar-refractivity contribution is -0.121. The van der Waals surface area contributed by atoms with Gasteiger partial charge in [-0.1, -0.05) is 0 Å². The fourth-order valence-corrected chi connectivity index (χ4v) is 1.88. The average molecular weight is 261 g/mol. The summed E-state index contributed by atoms with van der Waals surface area (Å²) in [4.78, 5) is 26.5. The van der Waals surface area contributed by atoms with Gasteiger partial charge in [-0.3, -0.25) is 4.79 Å². The van der Waals surface area contributed by atoms with Gasteiger partial charge in [-0.05, 0) is 25.1 Å². The monoisotopic (exact) mass is 261 g/mol. The number of aryl methyl sites for hydroxylation is 1. The molecule has 0 saturated carbocycles. The molecular weight excluding hydrogens is 246 g/mol. The SMILES string of the molecule is CCNC(=O)CCn1cnc2ccc(C(=O)O)cc21. The number of carboxylic acids is 1. The molecule has 0 fully saturated rings. The van der Waals surface area contributed by atoms with Crippen LogP contribution in [0.15, 0.2) is 24.5 Å². The second-order valence-corrected chi connectivity index (χ2v) is 4.15. The van der Waals surface area contributed by atoms with E-state index in [0.29, 0.717) is 19.5 Å². The van der Waals surface area contributed by atoms with E-state index in [0.717, 1.165) is 11.0 Å². The predicted molar refractivity (Wildman–Crippen MR) is 70.0 cm³/mol. The minimum Gasteiger partial charge on any atom is -0.478 e. The van der Waals surface area contributed by atoms with Crippen LogP contribution < -0.4 is 5.32 Å². The number of carbonyl (C=O) groups is 2. The van der Waals surface area contributed by atoms with E-state index in [-0.39, 0.29) is 11.5 Å². The lowest BCUT2D eigenvalue weighted by atomic mass is 10.2. The first kappa shape index (κ1) is 13.1. The minimum absolute atomic E-state index is 0.0289. The summed E-state index contributed by atoms with van der Waals surface area (Å²) >= 11 is 0. The summed E-state index contributed by atoms with van der Waals surface area (Å²) in [5.74, 6) is -1.00. The Hall–Kier alpha value is -2.37. The van der Waals surface area contributed by atoms with Crippen molar-refractivity contribution in [2.75, 3.05) is 6.54 Å². The van der Waals surface area contributed by atoms with Gasteiger partial charge in [0.2, 0.25) is 5.91 Å². The van der Waals surface area contributed by atoms with Gasteiger partial charge < -0.3 is 15.0 Å². The van der Waals surface area contributed by atoms with Gasteiger partial charge in [-0.25, -0.2) is 9.78 Å². The summed E-state index contributed by atoms with van der Waals surface area (Å²) in [6.07, 6.45) is 1.96. The van der Waals surface area contributed by atoms with Crippen LogP contribution in [0.5, 0.6) is 0 Å². The van der Waals surface area contributed by atoms with Crippen LogP contribution in [0.4, 0.5) is 0 Å². The van der Waals surface area contributed by atoms with Crippen LogP contribution in [0.3, 0.4) is 0 Å². The van der Waals surface area contributed by atoms with Gasteiger partial charge in [0, 0.05) is 19.5 Å². The minimum atomic E-state index is -0.974. The second-order valence-electron chi connectivity index (χ2n) is 4.15. The van der Waals surface area contributed by atoms with E-state index in [2.05, 4.69) is 10.3 Å². The van der Waals surface area contributed by atoms with Crippen LogP contribution in [0.1, 0.15) is 23.7 Å². The highest BCUT2D eigenvalue weighted by atomic mass is 16.4. The molecule has 2 aromatic rings.